The zero-order chi connectivity index (χ0) is 8.43. The van der Waals surface area contributed by atoms with E-state index in [2.05, 4.69) is 21.0 Å². The lowest BCUT2D eigenvalue weighted by molar-refractivity contribution is 0.193. The van der Waals surface area contributed by atoms with E-state index in [4.69, 9.17) is 5.11 Å². The van der Waals surface area contributed by atoms with Crippen molar-refractivity contribution in [3.8, 4) is 0 Å². The van der Waals surface area contributed by atoms with Crippen LogP contribution < -0.4 is 0 Å². The van der Waals surface area contributed by atoms with Crippen LogP contribution in [0.5, 0.6) is 0 Å². The molecule has 0 bridgehead atoms. The Hall–Kier alpha value is -0.350. The van der Waals surface area contributed by atoms with Crippen molar-refractivity contribution in [2.45, 2.75) is 19.4 Å². The minimum atomic E-state index is -0.308. The van der Waals surface area contributed by atoms with Crippen LogP contribution in [0.15, 0.2) is 10.7 Å². The highest BCUT2D eigenvalue weighted by Gasteiger charge is 2.05. The largest absolute Gasteiger partial charge is 0.393 e. The number of aryl methyl sites for hydroxylation is 1. The number of hydrogen-bond donors (Lipinski definition) is 1. The summed E-state index contributed by atoms with van der Waals surface area (Å²) < 4.78 is 2.58. The molecule has 1 unspecified atom stereocenters. The van der Waals surface area contributed by atoms with Crippen LogP contribution in [-0.4, -0.2) is 21.0 Å². The second-order valence-corrected chi connectivity index (χ2v) is 3.45. The monoisotopic (exact) mass is 218 g/mol. The van der Waals surface area contributed by atoms with Crippen molar-refractivity contribution >= 4 is 15.9 Å². The van der Waals surface area contributed by atoms with Gasteiger partial charge in [0, 0.05) is 19.2 Å². The number of nitrogens with zero attached hydrogens (tertiary/aromatic N) is 2. The minimum Gasteiger partial charge on any atom is -0.393 e. The topological polar surface area (TPSA) is 38.1 Å². The molecule has 0 radical (unpaired) electrons. The Morgan fingerprint density at radius 1 is 1.82 bits per heavy atom. The first-order valence-corrected chi connectivity index (χ1v) is 4.25. The lowest BCUT2D eigenvalue weighted by Crippen LogP contribution is -2.08. The second kappa shape index (κ2) is 3.36. The standard InChI is InChI=1S/C7H11BrN2O/c1-5(11)3-6-4-7(8)9-10(6)2/h4-5,11H,3H2,1-2H3. The molecule has 62 valence electrons. The number of aromatic nitrogens is 2. The average Bonchev–Trinajstić information content (AvgIpc) is 2.09. The van der Waals surface area contributed by atoms with Gasteiger partial charge in [0.15, 0.2) is 0 Å². The minimum absolute atomic E-state index is 0.308. The molecule has 1 heterocycles. The average molecular weight is 219 g/mol. The van der Waals surface area contributed by atoms with E-state index in [-0.39, 0.29) is 6.10 Å². The lowest BCUT2D eigenvalue weighted by Gasteiger charge is -2.02. The summed E-state index contributed by atoms with van der Waals surface area (Å²) in [6, 6.07) is 1.91. The van der Waals surface area contributed by atoms with Gasteiger partial charge in [-0.25, -0.2) is 0 Å². The van der Waals surface area contributed by atoms with Crippen LogP contribution in [0, 0.1) is 0 Å². The molecule has 1 rings (SSSR count). The lowest BCUT2D eigenvalue weighted by atomic mass is 10.2. The molecule has 0 saturated carbocycles. The Morgan fingerprint density at radius 2 is 2.45 bits per heavy atom. The maximum Gasteiger partial charge on any atom is 0.128 e. The molecule has 1 N–H and O–H groups in total. The first-order valence-electron chi connectivity index (χ1n) is 3.46. The Labute approximate surface area is 74.2 Å². The van der Waals surface area contributed by atoms with Gasteiger partial charge in [-0.2, -0.15) is 5.10 Å². The van der Waals surface area contributed by atoms with E-state index < -0.39 is 0 Å². The maximum atomic E-state index is 9.08. The van der Waals surface area contributed by atoms with E-state index in [9.17, 15) is 0 Å². The van der Waals surface area contributed by atoms with Gasteiger partial charge in [-0.1, -0.05) is 0 Å². The molecule has 0 aliphatic heterocycles. The van der Waals surface area contributed by atoms with E-state index in [0.717, 1.165) is 10.3 Å². The van der Waals surface area contributed by atoms with Gasteiger partial charge in [0.2, 0.25) is 0 Å². The fourth-order valence-electron chi connectivity index (χ4n) is 0.961. The molecular weight excluding hydrogens is 208 g/mol. The summed E-state index contributed by atoms with van der Waals surface area (Å²) >= 11 is 3.26. The molecule has 0 saturated heterocycles. The molecule has 0 aliphatic carbocycles. The highest BCUT2D eigenvalue weighted by molar-refractivity contribution is 9.10. The predicted molar refractivity (Wildman–Crippen MR) is 46.3 cm³/mol. The molecule has 0 aliphatic rings. The van der Waals surface area contributed by atoms with Crippen LogP contribution in [0.4, 0.5) is 0 Å². The van der Waals surface area contributed by atoms with E-state index in [1.165, 1.54) is 0 Å². The fraction of sp³-hybridized carbons (Fsp3) is 0.571. The molecule has 0 aromatic carbocycles. The van der Waals surface area contributed by atoms with Crippen molar-refractivity contribution in [1.82, 2.24) is 9.78 Å². The number of aliphatic hydroxyl groups excluding tert-OH is 1. The van der Waals surface area contributed by atoms with Crippen LogP contribution >= 0.6 is 15.9 Å². The molecule has 3 nitrogen and oxygen atoms in total. The van der Waals surface area contributed by atoms with Crippen LogP contribution in [0.2, 0.25) is 0 Å². The zero-order valence-electron chi connectivity index (χ0n) is 6.58. The van der Waals surface area contributed by atoms with Gasteiger partial charge >= 0.3 is 0 Å². The smallest absolute Gasteiger partial charge is 0.128 e. The third-order valence-corrected chi connectivity index (χ3v) is 1.84. The summed E-state index contributed by atoms with van der Waals surface area (Å²) in [6.07, 6.45) is 0.340. The number of halogens is 1. The second-order valence-electron chi connectivity index (χ2n) is 2.64. The predicted octanol–water partition coefficient (Wildman–Crippen LogP) is 1.11. The third-order valence-electron chi connectivity index (χ3n) is 1.45. The SMILES string of the molecule is CC(O)Cc1cc(Br)nn1C. The first-order chi connectivity index (χ1) is 5.09. The van der Waals surface area contributed by atoms with E-state index in [0.29, 0.717) is 6.42 Å². The van der Waals surface area contributed by atoms with Gasteiger partial charge in [0.25, 0.3) is 0 Å². The van der Waals surface area contributed by atoms with Crippen molar-refractivity contribution in [3.05, 3.63) is 16.4 Å². The number of rotatable bonds is 2. The first kappa shape index (κ1) is 8.74. The molecule has 0 spiro atoms. The van der Waals surface area contributed by atoms with Crippen molar-refractivity contribution in [3.63, 3.8) is 0 Å². The molecule has 4 heteroatoms. The molecule has 1 aromatic rings. The normalized spacial score (nSPS) is 13.5. The van der Waals surface area contributed by atoms with E-state index >= 15 is 0 Å². The van der Waals surface area contributed by atoms with Crippen molar-refractivity contribution < 1.29 is 5.11 Å². The molecule has 0 fully saturated rings. The van der Waals surface area contributed by atoms with Gasteiger partial charge in [-0.05, 0) is 28.9 Å². The summed E-state index contributed by atoms with van der Waals surface area (Å²) in [7, 11) is 1.86. The molecule has 11 heavy (non-hydrogen) atoms. The third kappa shape index (κ3) is 2.31. The Balaban J connectivity index is 2.77. The van der Waals surface area contributed by atoms with Gasteiger partial charge in [0.05, 0.1) is 6.10 Å². The van der Waals surface area contributed by atoms with Crippen LogP contribution in [0.3, 0.4) is 0 Å². The highest BCUT2D eigenvalue weighted by Crippen LogP contribution is 2.10. The summed E-state index contributed by atoms with van der Waals surface area (Å²) in [6.45, 7) is 1.76. The van der Waals surface area contributed by atoms with Gasteiger partial charge in [-0.15, -0.1) is 0 Å². The summed E-state index contributed by atoms with van der Waals surface area (Å²) in [5.41, 5.74) is 1.03. The Morgan fingerprint density at radius 3 is 2.82 bits per heavy atom. The van der Waals surface area contributed by atoms with Gasteiger partial charge in [-0.3, -0.25) is 4.68 Å². The fourth-order valence-corrected chi connectivity index (χ4v) is 1.46. The van der Waals surface area contributed by atoms with Gasteiger partial charge in [0.1, 0.15) is 4.60 Å². The number of aliphatic hydroxyl groups is 1. The maximum absolute atomic E-state index is 9.08. The van der Waals surface area contributed by atoms with Crippen LogP contribution in [0.1, 0.15) is 12.6 Å². The van der Waals surface area contributed by atoms with E-state index in [1.54, 1.807) is 11.6 Å². The summed E-state index contributed by atoms with van der Waals surface area (Å²) in [5.74, 6) is 0. The summed E-state index contributed by atoms with van der Waals surface area (Å²) in [4.78, 5) is 0. The molecule has 0 amide bonds. The molecular formula is C7H11BrN2O. The van der Waals surface area contributed by atoms with Crippen molar-refractivity contribution in [2.24, 2.45) is 7.05 Å². The highest BCUT2D eigenvalue weighted by atomic mass is 79.9. The Kier molecular flexibility index (Phi) is 2.67. The van der Waals surface area contributed by atoms with Gasteiger partial charge < -0.3 is 5.11 Å². The van der Waals surface area contributed by atoms with Crippen LogP contribution in [0.25, 0.3) is 0 Å². The zero-order valence-corrected chi connectivity index (χ0v) is 8.17. The van der Waals surface area contributed by atoms with Crippen molar-refractivity contribution in [2.75, 3.05) is 0 Å². The Bertz CT molecular complexity index is 245. The molecule has 1 aromatic heterocycles. The number of hydrogen-bond acceptors (Lipinski definition) is 2. The van der Waals surface area contributed by atoms with Crippen molar-refractivity contribution in [1.29, 1.82) is 0 Å². The molecule has 1 atom stereocenters. The quantitative estimate of drug-likeness (QED) is 0.808. The summed E-state index contributed by atoms with van der Waals surface area (Å²) in [5, 5.41) is 13.2. The van der Waals surface area contributed by atoms with Crippen LogP contribution in [-0.2, 0) is 13.5 Å². The van der Waals surface area contributed by atoms with E-state index in [1.807, 2.05) is 13.1 Å².